The Balaban J connectivity index is 1.94. The summed E-state index contributed by atoms with van der Waals surface area (Å²) in [6, 6.07) is 8.09. The Bertz CT molecular complexity index is 799. The lowest BCUT2D eigenvalue weighted by Crippen LogP contribution is -1.94. The van der Waals surface area contributed by atoms with Crippen molar-refractivity contribution in [2.24, 2.45) is 0 Å². The molecular formula is C15H12N2O4. The molecule has 0 atom stereocenters. The average molecular weight is 284 g/mol. The molecule has 1 N–H and O–H groups in total. The third-order valence-electron chi connectivity index (χ3n) is 3.08. The Hall–Kier alpha value is -2.89. The van der Waals surface area contributed by atoms with Crippen LogP contribution in [0.3, 0.4) is 0 Å². The smallest absolute Gasteiger partial charge is 0.335 e. The molecule has 0 unspecified atom stereocenters. The van der Waals surface area contributed by atoms with Gasteiger partial charge in [0.25, 0.3) is 5.89 Å². The monoisotopic (exact) mass is 284 g/mol. The SMILES string of the molecule is Cc1cc(-c2nnc(-c3ccc(C(=O)O)cc3)o2)c(C)o1. The topological polar surface area (TPSA) is 89.4 Å². The predicted molar refractivity (Wildman–Crippen MR) is 73.9 cm³/mol. The van der Waals surface area contributed by atoms with Crippen LogP contribution in [-0.4, -0.2) is 21.3 Å². The van der Waals surface area contributed by atoms with E-state index in [1.165, 1.54) is 12.1 Å². The van der Waals surface area contributed by atoms with Crippen molar-refractivity contribution in [3.63, 3.8) is 0 Å². The highest BCUT2D eigenvalue weighted by Crippen LogP contribution is 2.28. The molecule has 0 radical (unpaired) electrons. The van der Waals surface area contributed by atoms with Crippen LogP contribution in [0.5, 0.6) is 0 Å². The van der Waals surface area contributed by atoms with Gasteiger partial charge < -0.3 is 13.9 Å². The zero-order valence-corrected chi connectivity index (χ0v) is 11.5. The van der Waals surface area contributed by atoms with E-state index in [9.17, 15) is 4.79 Å². The fourth-order valence-corrected chi connectivity index (χ4v) is 2.05. The van der Waals surface area contributed by atoms with Crippen LogP contribution in [0.25, 0.3) is 22.9 Å². The minimum absolute atomic E-state index is 0.208. The largest absolute Gasteiger partial charge is 0.478 e. The molecule has 3 rings (SSSR count). The van der Waals surface area contributed by atoms with E-state index in [0.717, 1.165) is 11.3 Å². The van der Waals surface area contributed by atoms with Crippen LogP contribution in [0.15, 0.2) is 39.2 Å². The molecule has 0 amide bonds. The summed E-state index contributed by atoms with van der Waals surface area (Å²) in [5, 5.41) is 16.9. The number of furan rings is 1. The summed E-state index contributed by atoms with van der Waals surface area (Å²) in [6.07, 6.45) is 0. The van der Waals surface area contributed by atoms with Gasteiger partial charge >= 0.3 is 5.97 Å². The lowest BCUT2D eigenvalue weighted by atomic mass is 10.1. The highest BCUT2D eigenvalue weighted by Gasteiger charge is 2.15. The van der Waals surface area contributed by atoms with Crippen molar-refractivity contribution in [2.75, 3.05) is 0 Å². The molecule has 0 aliphatic heterocycles. The van der Waals surface area contributed by atoms with Gasteiger partial charge in [-0.05, 0) is 44.2 Å². The molecule has 2 aromatic heterocycles. The Labute approximate surface area is 120 Å². The number of carboxylic acid groups (broad SMARTS) is 1. The van der Waals surface area contributed by atoms with Crippen molar-refractivity contribution < 1.29 is 18.7 Å². The summed E-state index contributed by atoms with van der Waals surface area (Å²) in [5.41, 5.74) is 1.63. The molecule has 0 saturated heterocycles. The lowest BCUT2D eigenvalue weighted by molar-refractivity contribution is 0.0697. The van der Waals surface area contributed by atoms with Crippen LogP contribution in [-0.2, 0) is 0 Å². The quantitative estimate of drug-likeness (QED) is 0.793. The summed E-state index contributed by atoms with van der Waals surface area (Å²) >= 11 is 0. The second-order valence-corrected chi connectivity index (χ2v) is 4.62. The Morgan fingerprint density at radius 1 is 1.05 bits per heavy atom. The van der Waals surface area contributed by atoms with Gasteiger partial charge in [-0.1, -0.05) is 0 Å². The van der Waals surface area contributed by atoms with Gasteiger partial charge in [0.2, 0.25) is 5.89 Å². The Morgan fingerprint density at radius 3 is 2.29 bits per heavy atom. The summed E-state index contributed by atoms with van der Waals surface area (Å²) < 4.78 is 11.1. The summed E-state index contributed by atoms with van der Waals surface area (Å²) in [4.78, 5) is 10.8. The number of aryl methyl sites for hydroxylation is 2. The maximum Gasteiger partial charge on any atom is 0.335 e. The molecule has 0 aliphatic carbocycles. The first-order chi connectivity index (χ1) is 10.0. The third kappa shape index (κ3) is 2.43. The maximum absolute atomic E-state index is 10.8. The van der Waals surface area contributed by atoms with Crippen LogP contribution in [0.4, 0.5) is 0 Å². The van der Waals surface area contributed by atoms with Crippen molar-refractivity contribution in [3.8, 4) is 22.9 Å². The molecule has 6 nitrogen and oxygen atoms in total. The van der Waals surface area contributed by atoms with Gasteiger partial charge in [0.1, 0.15) is 11.5 Å². The summed E-state index contributed by atoms with van der Waals surface area (Å²) in [7, 11) is 0. The molecule has 0 saturated carbocycles. The predicted octanol–water partition coefficient (Wildman–Crippen LogP) is 3.31. The van der Waals surface area contributed by atoms with Crippen molar-refractivity contribution in [2.45, 2.75) is 13.8 Å². The van der Waals surface area contributed by atoms with E-state index >= 15 is 0 Å². The number of benzene rings is 1. The molecule has 0 fully saturated rings. The molecule has 6 heteroatoms. The highest BCUT2D eigenvalue weighted by molar-refractivity contribution is 5.88. The minimum atomic E-state index is -0.975. The first-order valence-corrected chi connectivity index (χ1v) is 6.29. The average Bonchev–Trinajstić information content (AvgIpc) is 3.05. The number of hydrogen-bond donors (Lipinski definition) is 1. The highest BCUT2D eigenvalue weighted by atomic mass is 16.4. The van der Waals surface area contributed by atoms with Crippen molar-refractivity contribution in [3.05, 3.63) is 47.4 Å². The van der Waals surface area contributed by atoms with E-state index in [2.05, 4.69) is 10.2 Å². The molecule has 0 spiro atoms. The molecule has 3 aromatic rings. The second kappa shape index (κ2) is 4.90. The Kier molecular flexibility index (Phi) is 3.06. The number of rotatable bonds is 3. The first-order valence-electron chi connectivity index (χ1n) is 6.29. The van der Waals surface area contributed by atoms with Crippen molar-refractivity contribution in [1.29, 1.82) is 0 Å². The number of hydrogen-bond acceptors (Lipinski definition) is 5. The molecule has 0 aliphatic rings. The summed E-state index contributed by atoms with van der Waals surface area (Å²) in [5.74, 6) is 1.22. The molecule has 2 heterocycles. The zero-order chi connectivity index (χ0) is 15.0. The fraction of sp³-hybridized carbons (Fsp3) is 0.133. The third-order valence-corrected chi connectivity index (χ3v) is 3.08. The summed E-state index contributed by atoms with van der Waals surface area (Å²) in [6.45, 7) is 3.67. The second-order valence-electron chi connectivity index (χ2n) is 4.62. The van der Waals surface area contributed by atoms with Crippen molar-refractivity contribution >= 4 is 5.97 Å². The lowest BCUT2D eigenvalue weighted by Gasteiger charge is -1.96. The van der Waals surface area contributed by atoms with E-state index < -0.39 is 5.97 Å². The van der Waals surface area contributed by atoms with Crippen LogP contribution in [0.2, 0.25) is 0 Å². The number of carboxylic acids is 1. The molecule has 1 aromatic carbocycles. The molecule has 0 bridgehead atoms. The number of aromatic carboxylic acids is 1. The number of aromatic nitrogens is 2. The van der Waals surface area contributed by atoms with Gasteiger partial charge in [0.15, 0.2) is 0 Å². The van der Waals surface area contributed by atoms with Gasteiger partial charge in [0, 0.05) is 5.56 Å². The van der Waals surface area contributed by atoms with Crippen LogP contribution >= 0.6 is 0 Å². The van der Waals surface area contributed by atoms with E-state index in [0.29, 0.717) is 23.1 Å². The van der Waals surface area contributed by atoms with Crippen LogP contribution in [0.1, 0.15) is 21.9 Å². The van der Waals surface area contributed by atoms with Gasteiger partial charge in [-0.3, -0.25) is 0 Å². The first kappa shape index (κ1) is 13.1. The van der Waals surface area contributed by atoms with E-state index in [-0.39, 0.29) is 5.56 Å². The van der Waals surface area contributed by atoms with Gasteiger partial charge in [-0.25, -0.2) is 4.79 Å². The zero-order valence-electron chi connectivity index (χ0n) is 11.5. The van der Waals surface area contributed by atoms with E-state index in [1.807, 2.05) is 19.9 Å². The normalized spacial score (nSPS) is 10.8. The van der Waals surface area contributed by atoms with E-state index in [1.54, 1.807) is 12.1 Å². The standard InChI is InChI=1S/C15H12N2O4/c1-8-7-12(9(2)20-8)14-17-16-13(21-14)10-3-5-11(6-4-10)15(18)19/h3-7H,1-2H3,(H,18,19). The van der Waals surface area contributed by atoms with Crippen LogP contribution < -0.4 is 0 Å². The minimum Gasteiger partial charge on any atom is -0.478 e. The van der Waals surface area contributed by atoms with Gasteiger partial charge in [-0.15, -0.1) is 10.2 Å². The fourth-order valence-electron chi connectivity index (χ4n) is 2.05. The molecule has 106 valence electrons. The number of nitrogens with zero attached hydrogens (tertiary/aromatic N) is 2. The maximum atomic E-state index is 10.8. The number of carbonyl (C=O) groups is 1. The van der Waals surface area contributed by atoms with Crippen molar-refractivity contribution in [1.82, 2.24) is 10.2 Å². The van der Waals surface area contributed by atoms with Crippen LogP contribution in [0, 0.1) is 13.8 Å². The molecular weight excluding hydrogens is 272 g/mol. The Morgan fingerprint density at radius 2 is 1.71 bits per heavy atom. The van der Waals surface area contributed by atoms with Gasteiger partial charge in [0.05, 0.1) is 11.1 Å². The van der Waals surface area contributed by atoms with Gasteiger partial charge in [-0.2, -0.15) is 0 Å². The molecule has 21 heavy (non-hydrogen) atoms. The van der Waals surface area contributed by atoms with E-state index in [4.69, 9.17) is 13.9 Å².